The molecule has 144 valence electrons. The van der Waals surface area contributed by atoms with Crippen molar-refractivity contribution in [3.8, 4) is 12.3 Å². The molecule has 7 heteroatoms. The molecule has 6 nitrogen and oxygen atoms in total. The highest BCUT2D eigenvalue weighted by Crippen LogP contribution is 2.57. The van der Waals surface area contributed by atoms with Crippen LogP contribution in [0.1, 0.15) is 38.2 Å². The van der Waals surface area contributed by atoms with Crippen molar-refractivity contribution in [1.82, 2.24) is 15.1 Å². The van der Waals surface area contributed by atoms with E-state index >= 15 is 0 Å². The van der Waals surface area contributed by atoms with Crippen LogP contribution >= 0.6 is 11.3 Å². The predicted octanol–water partition coefficient (Wildman–Crippen LogP) is 1.62. The maximum absolute atomic E-state index is 12.3. The van der Waals surface area contributed by atoms with E-state index in [-0.39, 0.29) is 42.1 Å². The van der Waals surface area contributed by atoms with E-state index in [1.807, 2.05) is 10.3 Å². The van der Waals surface area contributed by atoms with Crippen LogP contribution in [0.5, 0.6) is 0 Å². The van der Waals surface area contributed by atoms with Crippen LogP contribution in [0.25, 0.3) is 0 Å². The second-order valence-corrected chi connectivity index (χ2v) is 8.18. The first-order chi connectivity index (χ1) is 12.9. The Hall–Kier alpha value is -2.33. The number of nitrogens with zero attached hydrogens (tertiary/aromatic N) is 2. The largest absolute Gasteiger partial charge is 0.345 e. The maximum Gasteiger partial charge on any atom is 0.232 e. The highest BCUT2D eigenvalue weighted by Gasteiger charge is 2.58. The Morgan fingerprint density at radius 1 is 1.41 bits per heavy atom. The van der Waals surface area contributed by atoms with E-state index in [4.69, 9.17) is 6.42 Å². The third-order valence-corrected chi connectivity index (χ3v) is 6.40. The molecule has 1 saturated carbocycles. The second-order valence-electron chi connectivity index (χ2n) is 7.40. The van der Waals surface area contributed by atoms with E-state index in [2.05, 4.69) is 22.7 Å². The number of carbonyl (C=O) groups is 3. The molecule has 2 fully saturated rings. The van der Waals surface area contributed by atoms with Gasteiger partial charge in [-0.3, -0.25) is 14.4 Å². The summed E-state index contributed by atoms with van der Waals surface area (Å²) < 4.78 is 0. The molecule has 1 unspecified atom stereocenters. The quantitative estimate of drug-likeness (QED) is 0.596. The lowest BCUT2D eigenvalue weighted by molar-refractivity contribution is -0.138. The highest BCUT2D eigenvalue weighted by atomic mass is 32.1. The summed E-state index contributed by atoms with van der Waals surface area (Å²) in [6, 6.07) is 2.31. The van der Waals surface area contributed by atoms with Gasteiger partial charge in [0.05, 0.1) is 6.54 Å². The van der Waals surface area contributed by atoms with Gasteiger partial charge >= 0.3 is 0 Å². The van der Waals surface area contributed by atoms with Crippen LogP contribution in [-0.4, -0.2) is 53.2 Å². The molecule has 1 spiro atoms. The van der Waals surface area contributed by atoms with Crippen LogP contribution in [0.15, 0.2) is 16.8 Å². The van der Waals surface area contributed by atoms with Gasteiger partial charge < -0.3 is 15.1 Å². The van der Waals surface area contributed by atoms with E-state index in [1.54, 1.807) is 23.2 Å². The predicted molar refractivity (Wildman–Crippen MR) is 104 cm³/mol. The molecule has 1 aliphatic carbocycles. The number of piperidine rings is 1. The first-order valence-corrected chi connectivity index (χ1v) is 10.2. The molecule has 1 saturated heterocycles. The Kier molecular flexibility index (Phi) is 5.85. The van der Waals surface area contributed by atoms with Crippen molar-refractivity contribution in [1.29, 1.82) is 0 Å². The van der Waals surface area contributed by atoms with Crippen molar-refractivity contribution in [3.63, 3.8) is 0 Å². The van der Waals surface area contributed by atoms with Gasteiger partial charge in [0.25, 0.3) is 0 Å². The first-order valence-electron chi connectivity index (χ1n) is 9.21. The fourth-order valence-electron chi connectivity index (χ4n) is 3.99. The highest BCUT2D eigenvalue weighted by molar-refractivity contribution is 7.07. The van der Waals surface area contributed by atoms with E-state index < -0.39 is 0 Å². The average molecular weight is 388 g/mol. The van der Waals surface area contributed by atoms with Crippen LogP contribution in [0.2, 0.25) is 0 Å². The fourth-order valence-corrected chi connectivity index (χ4v) is 4.65. The Morgan fingerprint density at radius 3 is 2.74 bits per heavy atom. The lowest BCUT2D eigenvalue weighted by Crippen LogP contribution is -2.43. The maximum atomic E-state index is 12.3. The molecule has 0 bridgehead atoms. The Morgan fingerprint density at radius 2 is 2.15 bits per heavy atom. The van der Waals surface area contributed by atoms with E-state index in [0.717, 1.165) is 19.3 Å². The number of amides is 3. The van der Waals surface area contributed by atoms with Crippen LogP contribution in [0.4, 0.5) is 0 Å². The zero-order chi connectivity index (χ0) is 19.4. The summed E-state index contributed by atoms with van der Waals surface area (Å²) in [7, 11) is 0. The molecule has 27 heavy (non-hydrogen) atoms. The monoisotopic (exact) mass is 387 g/mol. The molecule has 1 aromatic heterocycles. The van der Waals surface area contributed by atoms with Gasteiger partial charge in [-0.2, -0.15) is 11.3 Å². The molecular weight excluding hydrogens is 362 g/mol. The molecular formula is C20H25N3O3S. The van der Waals surface area contributed by atoms with Crippen LogP contribution in [0.3, 0.4) is 0 Å². The molecule has 2 aliphatic rings. The van der Waals surface area contributed by atoms with Crippen molar-refractivity contribution >= 4 is 29.1 Å². The molecule has 1 aliphatic heterocycles. The standard InChI is InChI=1S/C20H25N3O3S/c1-3-7-21-18(25)11-19(26)22-8-5-20(6-9-22)12-17(20)23(15(2)24)13-16-4-10-27-14-16/h1,4,10,14,17H,5-9,11-13H2,2H3,(H,21,25). The average Bonchev–Trinajstić information content (AvgIpc) is 3.07. The number of hydrogen-bond acceptors (Lipinski definition) is 4. The molecule has 1 aromatic rings. The zero-order valence-electron chi connectivity index (χ0n) is 15.6. The van der Waals surface area contributed by atoms with Gasteiger partial charge in [-0.15, -0.1) is 6.42 Å². The number of thiophene rings is 1. The van der Waals surface area contributed by atoms with Crippen molar-refractivity contribution in [3.05, 3.63) is 22.4 Å². The summed E-state index contributed by atoms with van der Waals surface area (Å²) in [6.45, 7) is 3.71. The number of nitrogens with one attached hydrogen (secondary N) is 1. The number of hydrogen-bond donors (Lipinski definition) is 1. The lowest BCUT2D eigenvalue weighted by Gasteiger charge is -2.34. The minimum atomic E-state index is -0.332. The second kappa shape index (κ2) is 8.13. The van der Waals surface area contributed by atoms with Gasteiger partial charge in [-0.25, -0.2) is 0 Å². The molecule has 3 rings (SSSR count). The minimum absolute atomic E-state index is 0.103. The van der Waals surface area contributed by atoms with Gasteiger partial charge in [-0.05, 0) is 47.1 Å². The van der Waals surface area contributed by atoms with Gasteiger partial charge in [0.2, 0.25) is 17.7 Å². The third kappa shape index (κ3) is 4.51. The van der Waals surface area contributed by atoms with E-state index in [1.165, 1.54) is 5.56 Å². The van der Waals surface area contributed by atoms with E-state index in [0.29, 0.717) is 19.6 Å². The van der Waals surface area contributed by atoms with Crippen LogP contribution < -0.4 is 5.32 Å². The van der Waals surface area contributed by atoms with Crippen molar-refractivity contribution in [2.24, 2.45) is 5.41 Å². The number of likely N-dealkylation sites (tertiary alicyclic amines) is 1. The minimum Gasteiger partial charge on any atom is -0.345 e. The molecule has 0 aromatic carbocycles. The number of terminal acetylenes is 1. The topological polar surface area (TPSA) is 69.7 Å². The zero-order valence-corrected chi connectivity index (χ0v) is 16.4. The normalized spacial score (nSPS) is 20.0. The van der Waals surface area contributed by atoms with Crippen molar-refractivity contribution in [2.75, 3.05) is 19.6 Å². The summed E-state index contributed by atoms with van der Waals surface area (Å²) in [5, 5.41) is 6.63. The van der Waals surface area contributed by atoms with Crippen molar-refractivity contribution < 1.29 is 14.4 Å². The van der Waals surface area contributed by atoms with Gasteiger partial charge in [0.15, 0.2) is 0 Å². The smallest absolute Gasteiger partial charge is 0.232 e. The molecule has 1 N–H and O–H groups in total. The lowest BCUT2D eigenvalue weighted by atomic mass is 9.92. The first kappa shape index (κ1) is 19.4. The van der Waals surface area contributed by atoms with Gasteiger partial charge in [0, 0.05) is 32.6 Å². The molecule has 2 heterocycles. The van der Waals surface area contributed by atoms with E-state index in [9.17, 15) is 14.4 Å². The van der Waals surface area contributed by atoms with Gasteiger partial charge in [0.1, 0.15) is 6.42 Å². The Balaban J connectivity index is 1.51. The summed E-state index contributed by atoms with van der Waals surface area (Å²) in [5.41, 5.74) is 1.30. The third-order valence-electron chi connectivity index (χ3n) is 5.67. The summed E-state index contributed by atoms with van der Waals surface area (Å²) in [4.78, 5) is 39.9. The SMILES string of the molecule is C#CCNC(=O)CC(=O)N1CCC2(CC1)CC2N(Cc1ccsc1)C(C)=O. The summed E-state index contributed by atoms with van der Waals surface area (Å²) in [6.07, 6.45) is 7.70. The molecule has 3 amide bonds. The number of rotatable bonds is 6. The Bertz CT molecular complexity index is 745. The summed E-state index contributed by atoms with van der Waals surface area (Å²) in [5.74, 6) is 1.94. The summed E-state index contributed by atoms with van der Waals surface area (Å²) >= 11 is 1.64. The molecule has 1 atom stereocenters. The Labute approximate surface area is 163 Å². The number of carbonyl (C=O) groups excluding carboxylic acids is 3. The van der Waals surface area contributed by atoms with Gasteiger partial charge in [-0.1, -0.05) is 5.92 Å². The molecule has 0 radical (unpaired) electrons. The van der Waals surface area contributed by atoms with Crippen LogP contribution in [0, 0.1) is 17.8 Å². The van der Waals surface area contributed by atoms with Crippen molar-refractivity contribution in [2.45, 2.75) is 45.2 Å². The fraction of sp³-hybridized carbons (Fsp3) is 0.550. The van der Waals surface area contributed by atoms with Crippen LogP contribution in [-0.2, 0) is 20.9 Å².